The summed E-state index contributed by atoms with van der Waals surface area (Å²) in [4.78, 5) is 5.19. The molecule has 58 heavy (non-hydrogen) atoms. The van der Waals surface area contributed by atoms with Crippen LogP contribution < -0.4 is 9.80 Å². The largest absolute Gasteiger partial charge is 0.310 e. The molecule has 1 heterocycles. The summed E-state index contributed by atoms with van der Waals surface area (Å²) in [6, 6.07) is 62.5. The minimum Gasteiger partial charge on any atom is -0.310 e. The zero-order chi connectivity index (χ0) is 38.2. The van der Waals surface area contributed by atoms with Gasteiger partial charge in [0.25, 0.3) is 0 Å². The Bertz CT molecular complexity index is 2790. The maximum absolute atomic E-state index is 2.60. The monoisotopic (exact) mass is 768 g/mol. The predicted molar refractivity (Wildman–Crippen MR) is 245 cm³/mol. The van der Waals surface area contributed by atoms with Crippen LogP contribution in [0.4, 0.5) is 34.1 Å². The van der Waals surface area contributed by atoms with Gasteiger partial charge >= 0.3 is 0 Å². The molecule has 1 spiro atoms. The second-order valence-electron chi connectivity index (χ2n) is 17.4. The molecule has 0 radical (unpaired) electrons. The number of fused-ring (bicyclic) bond motifs is 5. The van der Waals surface area contributed by atoms with Crippen LogP contribution in [0.1, 0.15) is 78.7 Å². The van der Waals surface area contributed by atoms with E-state index in [0.29, 0.717) is 17.8 Å². The number of hydrogen-bond acceptors (Lipinski definition) is 3. The predicted octanol–water partition coefficient (Wildman–Crippen LogP) is 15.5. The summed E-state index contributed by atoms with van der Waals surface area (Å²) < 4.78 is 2.68. The van der Waals surface area contributed by atoms with Crippen molar-refractivity contribution in [1.82, 2.24) is 0 Å². The lowest BCUT2D eigenvalue weighted by Gasteiger charge is -2.40. The topological polar surface area (TPSA) is 6.48 Å². The van der Waals surface area contributed by atoms with E-state index in [2.05, 4.69) is 174 Å². The molecule has 0 bridgehead atoms. The van der Waals surface area contributed by atoms with E-state index >= 15 is 0 Å². The van der Waals surface area contributed by atoms with Gasteiger partial charge in [0, 0.05) is 48.3 Å². The highest BCUT2D eigenvalue weighted by atomic mass is 32.1. The number of para-hydroxylation sites is 2. The molecule has 2 fully saturated rings. The molecule has 0 amide bonds. The zero-order valence-electron chi connectivity index (χ0n) is 33.0. The van der Waals surface area contributed by atoms with Crippen LogP contribution in [-0.4, -0.2) is 0 Å². The Morgan fingerprint density at radius 3 is 1.60 bits per heavy atom. The first-order valence-corrected chi connectivity index (χ1v) is 22.5. The van der Waals surface area contributed by atoms with Crippen molar-refractivity contribution >= 4 is 65.6 Å². The first-order valence-electron chi connectivity index (χ1n) is 21.7. The lowest BCUT2D eigenvalue weighted by molar-refractivity contribution is 0.350. The van der Waals surface area contributed by atoms with Crippen LogP contribution in [0.5, 0.6) is 0 Å². The van der Waals surface area contributed by atoms with Gasteiger partial charge in [0.2, 0.25) is 0 Å². The van der Waals surface area contributed by atoms with Gasteiger partial charge in [-0.2, -0.15) is 0 Å². The zero-order valence-corrected chi connectivity index (χ0v) is 33.8. The Morgan fingerprint density at radius 2 is 0.966 bits per heavy atom. The fraction of sp³-hybridized carbons (Fsp3) is 0.236. The molecule has 12 rings (SSSR count). The SMILES string of the molecule is c1ccc(N(c2ccc(C3CCCCC3)cc2)c2cccc3c2C24c5c(cccc5N(c5ccccc5)c5ccc6c(c5)sc5ccccc56)CC2CCC4C3)cc1. The standard InChI is InChI=1S/C55H48N2S/c1-4-14-37(15-5-1)38-26-30-45(31-27-38)56(43-18-6-2-7-19-43)49-23-12-16-39-34-41-28-29-42-35-40-17-13-24-50(54(40)55(41,42)53(39)49)57(44-20-8-3-9-21-44)46-32-33-48-47-22-10-11-25-51(47)58-52(48)36-46/h2-3,6-13,16-27,30-33,36-37,41-42H,1,4-5,14-15,28-29,34-35H2. The molecular formula is C55H48N2S. The molecule has 3 heteroatoms. The molecule has 0 aliphatic heterocycles. The molecule has 4 aliphatic rings. The van der Waals surface area contributed by atoms with Crippen LogP contribution in [0, 0.1) is 11.8 Å². The van der Waals surface area contributed by atoms with Crippen molar-refractivity contribution in [3.05, 3.63) is 192 Å². The minimum atomic E-state index is -0.0817. The molecule has 284 valence electrons. The third kappa shape index (κ3) is 5.22. The highest BCUT2D eigenvalue weighted by Crippen LogP contribution is 2.69. The van der Waals surface area contributed by atoms with Crippen molar-refractivity contribution in [3.8, 4) is 0 Å². The number of hydrogen-bond donors (Lipinski definition) is 0. The van der Waals surface area contributed by atoms with Crippen LogP contribution in [0.3, 0.4) is 0 Å². The lowest BCUT2D eigenvalue weighted by atomic mass is 9.68. The first kappa shape index (κ1) is 34.4. The van der Waals surface area contributed by atoms with Crippen molar-refractivity contribution in [2.45, 2.75) is 69.1 Å². The van der Waals surface area contributed by atoms with E-state index in [4.69, 9.17) is 0 Å². The van der Waals surface area contributed by atoms with Crippen LogP contribution in [0.25, 0.3) is 20.2 Å². The van der Waals surface area contributed by atoms with Gasteiger partial charge in [-0.1, -0.05) is 116 Å². The maximum atomic E-state index is 2.60. The summed E-state index contributed by atoms with van der Waals surface area (Å²) in [6.45, 7) is 0. The summed E-state index contributed by atoms with van der Waals surface area (Å²) in [6.07, 6.45) is 11.5. The Kier molecular flexibility index (Phi) is 8.15. The molecule has 0 N–H and O–H groups in total. The number of nitrogens with zero attached hydrogens (tertiary/aromatic N) is 2. The maximum Gasteiger partial charge on any atom is 0.0505 e. The minimum absolute atomic E-state index is 0.0817. The van der Waals surface area contributed by atoms with Crippen molar-refractivity contribution in [3.63, 3.8) is 0 Å². The van der Waals surface area contributed by atoms with Crippen LogP contribution >= 0.6 is 11.3 Å². The highest BCUT2D eigenvalue weighted by molar-refractivity contribution is 7.25. The van der Waals surface area contributed by atoms with Gasteiger partial charge in [0.05, 0.1) is 11.4 Å². The molecular weight excluding hydrogens is 721 g/mol. The summed E-state index contributed by atoms with van der Waals surface area (Å²) in [7, 11) is 0. The Hall–Kier alpha value is -5.64. The molecule has 2 nitrogen and oxygen atoms in total. The Labute approximate surface area is 346 Å². The number of thiophene rings is 1. The second-order valence-corrected chi connectivity index (χ2v) is 18.5. The van der Waals surface area contributed by atoms with E-state index in [1.165, 1.54) is 116 Å². The highest BCUT2D eigenvalue weighted by Gasteiger charge is 2.62. The number of anilines is 6. The van der Waals surface area contributed by atoms with Gasteiger partial charge in [-0.3, -0.25) is 0 Å². The first-order chi connectivity index (χ1) is 28.8. The molecule has 8 aromatic rings. The average molecular weight is 769 g/mol. The molecule has 7 aromatic carbocycles. The van der Waals surface area contributed by atoms with Gasteiger partial charge in [0.1, 0.15) is 0 Å². The lowest BCUT2D eigenvalue weighted by Crippen LogP contribution is -2.34. The molecule has 0 saturated heterocycles. The van der Waals surface area contributed by atoms with Gasteiger partial charge in [-0.05, 0) is 151 Å². The van der Waals surface area contributed by atoms with Crippen molar-refractivity contribution in [1.29, 1.82) is 0 Å². The fourth-order valence-electron chi connectivity index (χ4n) is 12.2. The number of benzene rings is 7. The van der Waals surface area contributed by atoms with Crippen molar-refractivity contribution < 1.29 is 0 Å². The van der Waals surface area contributed by atoms with Gasteiger partial charge < -0.3 is 9.80 Å². The van der Waals surface area contributed by atoms with E-state index in [1.54, 1.807) is 11.1 Å². The van der Waals surface area contributed by atoms with Crippen LogP contribution in [0.2, 0.25) is 0 Å². The smallest absolute Gasteiger partial charge is 0.0505 e. The van der Waals surface area contributed by atoms with E-state index in [9.17, 15) is 0 Å². The quantitative estimate of drug-likeness (QED) is 0.159. The summed E-state index contributed by atoms with van der Waals surface area (Å²) >= 11 is 1.91. The van der Waals surface area contributed by atoms with E-state index < -0.39 is 0 Å². The van der Waals surface area contributed by atoms with Crippen LogP contribution in [0.15, 0.2) is 164 Å². The summed E-state index contributed by atoms with van der Waals surface area (Å²) in [5.74, 6) is 1.81. The molecule has 3 unspecified atom stereocenters. The van der Waals surface area contributed by atoms with E-state index in [-0.39, 0.29) is 5.41 Å². The molecule has 4 aliphatic carbocycles. The van der Waals surface area contributed by atoms with Crippen molar-refractivity contribution in [2.24, 2.45) is 11.8 Å². The average Bonchev–Trinajstić information content (AvgIpc) is 4.02. The van der Waals surface area contributed by atoms with E-state index in [0.717, 1.165) is 12.8 Å². The van der Waals surface area contributed by atoms with Crippen molar-refractivity contribution in [2.75, 3.05) is 9.80 Å². The normalized spacial score (nSPS) is 20.8. The van der Waals surface area contributed by atoms with Gasteiger partial charge in [-0.25, -0.2) is 0 Å². The molecule has 1 aromatic heterocycles. The second kappa shape index (κ2) is 13.7. The van der Waals surface area contributed by atoms with E-state index in [1.807, 2.05) is 11.3 Å². The fourth-order valence-corrected chi connectivity index (χ4v) is 13.4. The summed E-state index contributed by atoms with van der Waals surface area (Å²) in [5.41, 5.74) is 15.2. The third-order valence-electron chi connectivity index (χ3n) is 14.5. The number of rotatable bonds is 7. The molecule has 2 saturated carbocycles. The van der Waals surface area contributed by atoms with Gasteiger partial charge in [0.15, 0.2) is 0 Å². The Morgan fingerprint density at radius 1 is 0.431 bits per heavy atom. The summed E-state index contributed by atoms with van der Waals surface area (Å²) in [5, 5.41) is 2.69. The Balaban J connectivity index is 1.06. The third-order valence-corrected chi connectivity index (χ3v) is 15.7. The molecule has 3 atom stereocenters. The van der Waals surface area contributed by atoms with Crippen LogP contribution in [-0.2, 0) is 18.3 Å². The van der Waals surface area contributed by atoms with Gasteiger partial charge in [-0.15, -0.1) is 11.3 Å².